The molecular weight excluding hydrogens is 370 g/mol. The summed E-state index contributed by atoms with van der Waals surface area (Å²) in [5.41, 5.74) is 3.90. The summed E-state index contributed by atoms with van der Waals surface area (Å²) >= 11 is 5.25. The summed E-state index contributed by atoms with van der Waals surface area (Å²) in [6.45, 7) is 4.14. The van der Waals surface area contributed by atoms with E-state index < -0.39 is 11.8 Å². The number of nitrogens with zero attached hydrogens (tertiary/aromatic N) is 2. The molecule has 1 saturated heterocycles. The average molecular weight is 394 g/mol. The van der Waals surface area contributed by atoms with Crippen molar-refractivity contribution in [1.82, 2.24) is 9.88 Å². The van der Waals surface area contributed by atoms with Gasteiger partial charge in [0.2, 0.25) is 0 Å². The van der Waals surface area contributed by atoms with E-state index in [1.54, 1.807) is 18.2 Å². The Labute approximate surface area is 170 Å². The molecule has 0 atom stereocenters. The molecule has 2 amide bonds. The van der Waals surface area contributed by atoms with Crippen LogP contribution >= 0.6 is 12.2 Å². The molecule has 0 bridgehead atoms. The third kappa shape index (κ3) is 3.18. The van der Waals surface area contributed by atoms with E-state index >= 15 is 0 Å². The number of para-hydroxylation sites is 1. The first-order chi connectivity index (χ1) is 13.5. The molecule has 2 fully saturated rings. The third-order valence-electron chi connectivity index (χ3n) is 5.63. The molecule has 5 nitrogen and oxygen atoms in total. The summed E-state index contributed by atoms with van der Waals surface area (Å²) in [5.74, 6) is -0.849. The first-order valence-corrected chi connectivity index (χ1v) is 10.0. The number of nitrogens with one attached hydrogen (secondary N) is 1. The minimum atomic E-state index is -0.451. The van der Waals surface area contributed by atoms with Crippen LogP contribution in [-0.4, -0.2) is 21.5 Å². The van der Waals surface area contributed by atoms with Crippen molar-refractivity contribution in [3.8, 4) is 0 Å². The number of anilines is 1. The summed E-state index contributed by atoms with van der Waals surface area (Å²) in [6.07, 6.45) is 6.57. The van der Waals surface area contributed by atoms with Crippen LogP contribution in [0.5, 0.6) is 0 Å². The molecule has 1 aromatic heterocycles. The van der Waals surface area contributed by atoms with E-state index in [1.807, 2.05) is 18.2 Å². The van der Waals surface area contributed by atoms with Gasteiger partial charge in [0.15, 0.2) is 5.11 Å². The van der Waals surface area contributed by atoms with Gasteiger partial charge in [-0.15, -0.1) is 0 Å². The van der Waals surface area contributed by atoms with Gasteiger partial charge in [0.05, 0.1) is 5.69 Å². The number of amides is 2. The van der Waals surface area contributed by atoms with Gasteiger partial charge in [-0.05, 0) is 68.7 Å². The number of hydrogen-bond donors (Lipinski definition) is 1. The normalized spacial score (nSPS) is 19.6. The van der Waals surface area contributed by atoms with Crippen molar-refractivity contribution in [1.29, 1.82) is 0 Å². The highest BCUT2D eigenvalue weighted by atomic mass is 32.1. The van der Waals surface area contributed by atoms with E-state index in [4.69, 9.17) is 12.2 Å². The first-order valence-electron chi connectivity index (χ1n) is 9.62. The van der Waals surface area contributed by atoms with Crippen LogP contribution in [0, 0.1) is 13.8 Å². The van der Waals surface area contributed by atoms with Gasteiger partial charge >= 0.3 is 0 Å². The summed E-state index contributed by atoms with van der Waals surface area (Å²) in [4.78, 5) is 27.0. The van der Waals surface area contributed by atoms with Crippen molar-refractivity contribution in [2.45, 2.75) is 45.6 Å². The fourth-order valence-corrected chi connectivity index (χ4v) is 4.58. The molecule has 6 heteroatoms. The van der Waals surface area contributed by atoms with Crippen LogP contribution in [0.4, 0.5) is 5.69 Å². The van der Waals surface area contributed by atoms with Crippen molar-refractivity contribution in [3.05, 3.63) is 58.9 Å². The van der Waals surface area contributed by atoms with Gasteiger partial charge in [0.25, 0.3) is 11.8 Å². The second-order valence-corrected chi connectivity index (χ2v) is 7.81. The van der Waals surface area contributed by atoms with Crippen LogP contribution < -0.4 is 10.2 Å². The fraction of sp³-hybridized carbons (Fsp3) is 0.318. The molecule has 2 aliphatic rings. The molecule has 1 aliphatic carbocycles. The quantitative estimate of drug-likeness (QED) is 0.486. The molecule has 28 heavy (non-hydrogen) atoms. The predicted octanol–water partition coefficient (Wildman–Crippen LogP) is 4.05. The Balaban J connectivity index is 1.72. The van der Waals surface area contributed by atoms with Crippen molar-refractivity contribution in [2.24, 2.45) is 0 Å². The summed E-state index contributed by atoms with van der Waals surface area (Å²) < 4.78 is 2.35. The second kappa shape index (κ2) is 7.36. The Kier molecular flexibility index (Phi) is 4.89. The Morgan fingerprint density at radius 3 is 2.46 bits per heavy atom. The molecule has 0 unspecified atom stereocenters. The molecule has 1 N–H and O–H groups in total. The second-order valence-electron chi connectivity index (χ2n) is 7.43. The largest absolute Gasteiger partial charge is 0.346 e. The van der Waals surface area contributed by atoms with Gasteiger partial charge in [-0.2, -0.15) is 0 Å². The molecular formula is C22H23N3O2S. The highest BCUT2D eigenvalue weighted by Gasteiger charge is 2.34. The fourth-order valence-electron chi connectivity index (χ4n) is 4.30. The third-order valence-corrected chi connectivity index (χ3v) is 5.91. The number of rotatable bonds is 3. The lowest BCUT2D eigenvalue weighted by atomic mass is 10.1. The molecule has 0 radical (unpaired) electrons. The maximum Gasteiger partial charge on any atom is 0.270 e. The summed E-state index contributed by atoms with van der Waals surface area (Å²) in [7, 11) is 0. The van der Waals surface area contributed by atoms with Gasteiger partial charge in [0, 0.05) is 17.4 Å². The van der Waals surface area contributed by atoms with Crippen molar-refractivity contribution >= 4 is 40.9 Å². The van der Waals surface area contributed by atoms with Gasteiger partial charge < -0.3 is 4.57 Å². The zero-order valence-electron chi connectivity index (χ0n) is 16.1. The standard InChI is InChI=1S/C22H23N3O2S/c1-14-12-16(15(2)24(14)17-10-6-7-11-17)13-19-20(26)23-22(28)25(21(19)27)18-8-4-3-5-9-18/h3-5,8-9,12-13,17H,6-7,10-11H2,1-2H3,(H,23,26,28). The van der Waals surface area contributed by atoms with E-state index in [0.29, 0.717) is 11.7 Å². The van der Waals surface area contributed by atoms with Gasteiger partial charge in [-0.25, -0.2) is 0 Å². The smallest absolute Gasteiger partial charge is 0.270 e. The topological polar surface area (TPSA) is 54.3 Å². The van der Waals surface area contributed by atoms with Crippen molar-refractivity contribution in [3.63, 3.8) is 0 Å². The molecule has 4 rings (SSSR count). The van der Waals surface area contributed by atoms with E-state index in [2.05, 4.69) is 29.8 Å². The van der Waals surface area contributed by atoms with Crippen LogP contribution in [-0.2, 0) is 9.59 Å². The van der Waals surface area contributed by atoms with E-state index in [1.165, 1.54) is 30.6 Å². The van der Waals surface area contributed by atoms with Gasteiger partial charge in [-0.3, -0.25) is 19.8 Å². The maximum absolute atomic E-state index is 13.1. The van der Waals surface area contributed by atoms with Crippen LogP contribution in [0.15, 0.2) is 42.0 Å². The molecule has 1 aliphatic heterocycles. The average Bonchev–Trinajstić information content (AvgIpc) is 3.27. The van der Waals surface area contributed by atoms with Gasteiger partial charge in [0.1, 0.15) is 5.57 Å². The maximum atomic E-state index is 13.1. The highest BCUT2D eigenvalue weighted by Crippen LogP contribution is 2.34. The lowest BCUT2D eigenvalue weighted by molar-refractivity contribution is -0.122. The number of hydrogen-bond acceptors (Lipinski definition) is 3. The molecule has 144 valence electrons. The number of thiocarbonyl (C=S) groups is 1. The van der Waals surface area contributed by atoms with Crippen molar-refractivity contribution < 1.29 is 9.59 Å². The van der Waals surface area contributed by atoms with Crippen LogP contribution in [0.2, 0.25) is 0 Å². The van der Waals surface area contributed by atoms with E-state index in [9.17, 15) is 9.59 Å². The molecule has 2 heterocycles. The Hall–Kier alpha value is -2.73. The first kappa shape index (κ1) is 18.6. The number of carbonyl (C=O) groups is 2. The van der Waals surface area contributed by atoms with Crippen LogP contribution in [0.3, 0.4) is 0 Å². The summed E-state index contributed by atoms with van der Waals surface area (Å²) in [6, 6.07) is 11.7. The number of aryl methyl sites for hydroxylation is 1. The zero-order chi connectivity index (χ0) is 19.8. The Morgan fingerprint density at radius 1 is 1.11 bits per heavy atom. The summed E-state index contributed by atoms with van der Waals surface area (Å²) in [5, 5.41) is 2.75. The number of aromatic nitrogens is 1. The molecule has 0 spiro atoms. The monoisotopic (exact) mass is 393 g/mol. The molecule has 2 aromatic rings. The highest BCUT2D eigenvalue weighted by molar-refractivity contribution is 7.80. The van der Waals surface area contributed by atoms with Gasteiger partial charge in [-0.1, -0.05) is 31.0 Å². The minimum absolute atomic E-state index is 0.101. The minimum Gasteiger partial charge on any atom is -0.346 e. The molecule has 1 saturated carbocycles. The lowest BCUT2D eigenvalue weighted by Gasteiger charge is -2.28. The Morgan fingerprint density at radius 2 is 1.79 bits per heavy atom. The lowest BCUT2D eigenvalue weighted by Crippen LogP contribution is -2.54. The van der Waals surface area contributed by atoms with E-state index in [-0.39, 0.29) is 10.7 Å². The molecule has 1 aromatic carbocycles. The van der Waals surface area contributed by atoms with Crippen molar-refractivity contribution in [2.75, 3.05) is 4.90 Å². The predicted molar refractivity (Wildman–Crippen MR) is 114 cm³/mol. The number of carbonyl (C=O) groups excluding carboxylic acids is 2. The number of benzene rings is 1. The van der Waals surface area contributed by atoms with Crippen LogP contribution in [0.1, 0.15) is 48.7 Å². The zero-order valence-corrected chi connectivity index (χ0v) is 16.9. The Bertz CT molecular complexity index is 985. The van der Waals surface area contributed by atoms with Crippen LogP contribution in [0.25, 0.3) is 6.08 Å². The SMILES string of the molecule is Cc1cc(C=C2C(=O)NC(=S)N(c3ccccc3)C2=O)c(C)n1C1CCCC1. The van der Waals surface area contributed by atoms with E-state index in [0.717, 1.165) is 17.0 Å².